The first-order valence-electron chi connectivity index (χ1n) is 7.72. The Morgan fingerprint density at radius 1 is 1.33 bits per heavy atom. The quantitative estimate of drug-likeness (QED) is 0.774. The van der Waals surface area contributed by atoms with E-state index in [4.69, 9.17) is 4.42 Å². The zero-order valence-corrected chi connectivity index (χ0v) is 13.5. The van der Waals surface area contributed by atoms with Gasteiger partial charge in [0.1, 0.15) is 11.3 Å². The van der Waals surface area contributed by atoms with E-state index in [1.54, 1.807) is 30.5 Å². The third-order valence-electron chi connectivity index (χ3n) is 3.47. The summed E-state index contributed by atoms with van der Waals surface area (Å²) in [4.78, 5) is 33.5. The third-order valence-corrected chi connectivity index (χ3v) is 3.47. The van der Waals surface area contributed by atoms with Crippen LogP contribution in [0.4, 0.5) is 0 Å². The van der Waals surface area contributed by atoms with Gasteiger partial charge in [0, 0.05) is 12.7 Å². The maximum atomic E-state index is 12.7. The van der Waals surface area contributed by atoms with Crippen molar-refractivity contribution in [1.29, 1.82) is 0 Å². The molecule has 0 bridgehead atoms. The summed E-state index contributed by atoms with van der Waals surface area (Å²) < 4.78 is 6.68. The fourth-order valence-electron chi connectivity index (χ4n) is 2.42. The lowest BCUT2D eigenvalue weighted by molar-refractivity contribution is 0.0941. The van der Waals surface area contributed by atoms with Gasteiger partial charge >= 0.3 is 0 Å². The van der Waals surface area contributed by atoms with Crippen molar-refractivity contribution in [2.24, 2.45) is 5.92 Å². The molecule has 7 nitrogen and oxygen atoms in total. The number of aromatic nitrogens is 3. The third kappa shape index (κ3) is 3.19. The number of fused-ring (bicyclic) bond motifs is 1. The highest BCUT2D eigenvalue weighted by atomic mass is 16.3. The Morgan fingerprint density at radius 2 is 2.17 bits per heavy atom. The molecule has 3 aromatic rings. The normalized spacial score (nSPS) is 11.1. The molecule has 0 saturated carbocycles. The highest BCUT2D eigenvalue weighted by molar-refractivity contribution is 5.93. The lowest BCUT2D eigenvalue weighted by Gasteiger charge is -2.13. The van der Waals surface area contributed by atoms with Gasteiger partial charge in [-0.05, 0) is 30.2 Å². The maximum Gasteiger partial charge on any atom is 0.283 e. The van der Waals surface area contributed by atoms with E-state index < -0.39 is 11.5 Å². The second kappa shape index (κ2) is 6.66. The Labute approximate surface area is 138 Å². The van der Waals surface area contributed by atoms with E-state index in [0.29, 0.717) is 23.5 Å². The molecule has 124 valence electrons. The molecule has 3 aromatic heterocycles. The number of rotatable bonds is 5. The van der Waals surface area contributed by atoms with Gasteiger partial charge in [-0.1, -0.05) is 13.8 Å². The molecule has 0 aliphatic carbocycles. The zero-order chi connectivity index (χ0) is 17.1. The molecule has 0 radical (unpaired) electrons. The molecule has 0 atom stereocenters. The summed E-state index contributed by atoms with van der Waals surface area (Å²) in [6.45, 7) is 4.66. The Hall–Kier alpha value is -2.96. The Kier molecular flexibility index (Phi) is 4.41. The van der Waals surface area contributed by atoms with Crippen molar-refractivity contribution in [3.8, 4) is 0 Å². The zero-order valence-electron chi connectivity index (χ0n) is 13.5. The average Bonchev–Trinajstić information content (AvgIpc) is 3.08. The predicted octanol–water partition coefficient (Wildman–Crippen LogP) is 1.97. The van der Waals surface area contributed by atoms with E-state index in [-0.39, 0.29) is 18.2 Å². The fraction of sp³-hybridized carbons (Fsp3) is 0.294. The van der Waals surface area contributed by atoms with Crippen molar-refractivity contribution in [3.63, 3.8) is 0 Å². The first kappa shape index (κ1) is 15.9. The number of hydrogen-bond acceptors (Lipinski definition) is 5. The molecule has 1 amide bonds. The molecule has 7 heteroatoms. The van der Waals surface area contributed by atoms with Crippen LogP contribution in [0.5, 0.6) is 0 Å². The van der Waals surface area contributed by atoms with Gasteiger partial charge in [0.15, 0.2) is 11.3 Å². The predicted molar refractivity (Wildman–Crippen MR) is 88.5 cm³/mol. The summed E-state index contributed by atoms with van der Waals surface area (Å²) in [5.74, 6) is 0.308. The van der Waals surface area contributed by atoms with E-state index in [1.807, 2.05) is 13.8 Å². The van der Waals surface area contributed by atoms with Crippen LogP contribution >= 0.6 is 0 Å². The molecule has 0 aliphatic heterocycles. The molecular formula is C17H18N4O3. The number of carbonyl (C=O) groups excluding carboxylic acids is 1. The van der Waals surface area contributed by atoms with Gasteiger partial charge in [0.05, 0.1) is 12.8 Å². The second-order valence-electron chi connectivity index (χ2n) is 5.88. The van der Waals surface area contributed by atoms with Crippen LogP contribution < -0.4 is 10.9 Å². The van der Waals surface area contributed by atoms with Crippen LogP contribution in [0, 0.1) is 5.92 Å². The molecule has 3 rings (SSSR count). The summed E-state index contributed by atoms with van der Waals surface area (Å²) in [5.41, 5.74) is 0.425. The molecule has 0 aromatic carbocycles. The van der Waals surface area contributed by atoms with Crippen LogP contribution in [0.1, 0.15) is 30.1 Å². The summed E-state index contributed by atoms with van der Waals surface area (Å²) in [6.07, 6.45) is 3.13. The lowest BCUT2D eigenvalue weighted by atomic mass is 10.2. The minimum Gasteiger partial charge on any atom is -0.467 e. The number of nitrogens with one attached hydrogen (secondary N) is 1. The van der Waals surface area contributed by atoms with Gasteiger partial charge < -0.3 is 9.73 Å². The summed E-state index contributed by atoms with van der Waals surface area (Å²) in [5, 5.41) is 2.66. The van der Waals surface area contributed by atoms with Gasteiger partial charge in [0.25, 0.3) is 11.5 Å². The van der Waals surface area contributed by atoms with E-state index >= 15 is 0 Å². The minimum absolute atomic E-state index is 0.136. The fourth-order valence-corrected chi connectivity index (χ4v) is 2.42. The van der Waals surface area contributed by atoms with Gasteiger partial charge in [-0.25, -0.2) is 9.97 Å². The van der Waals surface area contributed by atoms with E-state index in [9.17, 15) is 9.59 Å². The van der Waals surface area contributed by atoms with Crippen LogP contribution in [-0.2, 0) is 13.1 Å². The number of pyridine rings is 1. The van der Waals surface area contributed by atoms with Crippen LogP contribution in [0.3, 0.4) is 0 Å². The molecule has 1 N–H and O–H groups in total. The number of nitrogens with zero attached hydrogens (tertiary/aromatic N) is 3. The number of hydrogen-bond donors (Lipinski definition) is 1. The van der Waals surface area contributed by atoms with Crippen molar-refractivity contribution < 1.29 is 9.21 Å². The van der Waals surface area contributed by atoms with Crippen molar-refractivity contribution in [2.75, 3.05) is 0 Å². The minimum atomic E-state index is -0.528. The molecular weight excluding hydrogens is 308 g/mol. The van der Waals surface area contributed by atoms with Crippen LogP contribution in [-0.4, -0.2) is 20.4 Å². The van der Waals surface area contributed by atoms with Crippen molar-refractivity contribution >= 4 is 17.1 Å². The Balaban J connectivity index is 1.99. The van der Waals surface area contributed by atoms with Gasteiger partial charge in [-0.2, -0.15) is 0 Å². The van der Waals surface area contributed by atoms with Gasteiger partial charge in [-0.15, -0.1) is 0 Å². The highest BCUT2D eigenvalue weighted by Crippen LogP contribution is 2.09. The van der Waals surface area contributed by atoms with Gasteiger partial charge in [0.2, 0.25) is 0 Å². The van der Waals surface area contributed by atoms with Crippen molar-refractivity contribution in [3.05, 3.63) is 58.5 Å². The number of carbonyl (C=O) groups is 1. The summed E-state index contributed by atoms with van der Waals surface area (Å²) >= 11 is 0. The van der Waals surface area contributed by atoms with Crippen LogP contribution in [0.2, 0.25) is 0 Å². The molecule has 3 heterocycles. The standard InChI is InChI=1S/C17H18N4O3/c1-11(2)10-21-15-13(6-3-7-18-15)20-14(17(21)23)16(22)19-9-12-5-4-8-24-12/h3-8,11H,9-10H2,1-2H3,(H,19,22). The monoisotopic (exact) mass is 326 g/mol. The van der Waals surface area contributed by atoms with E-state index in [1.165, 1.54) is 10.8 Å². The Bertz CT molecular complexity index is 913. The van der Waals surface area contributed by atoms with Crippen molar-refractivity contribution in [1.82, 2.24) is 19.9 Å². The van der Waals surface area contributed by atoms with E-state index in [0.717, 1.165) is 0 Å². The molecule has 0 aliphatic rings. The average molecular weight is 326 g/mol. The second-order valence-corrected chi connectivity index (χ2v) is 5.88. The number of furan rings is 1. The van der Waals surface area contributed by atoms with Crippen molar-refractivity contribution in [2.45, 2.75) is 26.9 Å². The van der Waals surface area contributed by atoms with Crippen LogP contribution in [0.25, 0.3) is 11.2 Å². The lowest BCUT2D eigenvalue weighted by Crippen LogP contribution is -2.35. The number of amides is 1. The van der Waals surface area contributed by atoms with E-state index in [2.05, 4.69) is 15.3 Å². The Morgan fingerprint density at radius 3 is 2.88 bits per heavy atom. The topological polar surface area (TPSA) is 90.0 Å². The summed E-state index contributed by atoms with van der Waals surface area (Å²) in [6, 6.07) is 6.94. The van der Waals surface area contributed by atoms with Gasteiger partial charge in [-0.3, -0.25) is 14.2 Å². The smallest absolute Gasteiger partial charge is 0.283 e. The molecule has 0 saturated heterocycles. The molecule has 0 unspecified atom stereocenters. The maximum absolute atomic E-state index is 12.7. The van der Waals surface area contributed by atoms with Crippen LogP contribution in [0.15, 0.2) is 45.9 Å². The molecule has 24 heavy (non-hydrogen) atoms. The first-order chi connectivity index (χ1) is 11.6. The SMILES string of the molecule is CC(C)Cn1c(=O)c(C(=O)NCc2ccco2)nc2cccnc21. The molecule has 0 fully saturated rings. The largest absolute Gasteiger partial charge is 0.467 e. The molecule has 0 spiro atoms. The first-order valence-corrected chi connectivity index (χ1v) is 7.72. The summed E-state index contributed by atoms with van der Waals surface area (Å²) in [7, 11) is 0. The highest BCUT2D eigenvalue weighted by Gasteiger charge is 2.18.